The highest BCUT2D eigenvalue weighted by atomic mass is 16.3. The number of aliphatic hydroxyl groups excluding tert-OH is 1. The van der Waals surface area contributed by atoms with Crippen LogP contribution in [0.25, 0.3) is 11.3 Å². The molecule has 2 heterocycles. The number of carbonyl (C=O) groups excluding carboxylic acids is 1. The van der Waals surface area contributed by atoms with Crippen LogP contribution in [0.4, 0.5) is 5.95 Å². The van der Waals surface area contributed by atoms with Crippen LogP contribution >= 0.6 is 0 Å². The smallest absolute Gasteiger partial charge is 0.268 e. The van der Waals surface area contributed by atoms with Crippen LogP contribution < -0.4 is 11.1 Å². The number of aliphatic hydroxyl groups is 1. The molecule has 7 heteroatoms. The van der Waals surface area contributed by atoms with Crippen molar-refractivity contribution in [2.45, 2.75) is 13.0 Å². The molecule has 0 aliphatic carbocycles. The van der Waals surface area contributed by atoms with Gasteiger partial charge in [-0.15, -0.1) is 0 Å². The van der Waals surface area contributed by atoms with Gasteiger partial charge >= 0.3 is 0 Å². The van der Waals surface area contributed by atoms with Crippen molar-refractivity contribution in [2.24, 2.45) is 0 Å². The van der Waals surface area contributed by atoms with Crippen molar-refractivity contribution < 1.29 is 9.90 Å². The number of H-pyrrole nitrogens is 1. The van der Waals surface area contributed by atoms with Crippen LogP contribution in [-0.2, 0) is 0 Å². The van der Waals surface area contributed by atoms with Gasteiger partial charge in [-0.1, -0.05) is 30.3 Å². The van der Waals surface area contributed by atoms with Gasteiger partial charge in [-0.25, -0.2) is 9.97 Å². The van der Waals surface area contributed by atoms with Crippen LogP contribution in [0.2, 0.25) is 0 Å². The number of aromatic amines is 1. The van der Waals surface area contributed by atoms with Gasteiger partial charge in [-0.2, -0.15) is 0 Å². The van der Waals surface area contributed by atoms with Crippen LogP contribution in [0.5, 0.6) is 0 Å². The van der Waals surface area contributed by atoms with Gasteiger partial charge in [-0.3, -0.25) is 4.79 Å². The third-order valence-corrected chi connectivity index (χ3v) is 3.88. The van der Waals surface area contributed by atoms with E-state index in [9.17, 15) is 9.90 Å². The molecule has 0 aliphatic rings. The van der Waals surface area contributed by atoms with Gasteiger partial charge in [0, 0.05) is 18.0 Å². The van der Waals surface area contributed by atoms with E-state index in [2.05, 4.69) is 20.3 Å². The molecule has 5 N–H and O–H groups in total. The highest BCUT2D eigenvalue weighted by Crippen LogP contribution is 2.22. The first-order valence-electron chi connectivity index (χ1n) is 7.83. The van der Waals surface area contributed by atoms with Gasteiger partial charge in [0.1, 0.15) is 5.69 Å². The number of nitrogens with one attached hydrogen (secondary N) is 2. The first-order chi connectivity index (χ1) is 12.1. The first-order valence-corrected chi connectivity index (χ1v) is 7.83. The Bertz CT molecular complexity index is 876. The van der Waals surface area contributed by atoms with E-state index >= 15 is 0 Å². The Labute approximate surface area is 144 Å². The summed E-state index contributed by atoms with van der Waals surface area (Å²) in [5, 5.41) is 12.4. The molecule has 0 spiro atoms. The fourth-order valence-corrected chi connectivity index (χ4v) is 2.57. The zero-order chi connectivity index (χ0) is 17.8. The summed E-state index contributed by atoms with van der Waals surface area (Å²) >= 11 is 0. The van der Waals surface area contributed by atoms with Crippen molar-refractivity contribution in [2.75, 3.05) is 12.3 Å². The number of nitrogens with two attached hydrogens (primary N) is 1. The number of anilines is 1. The van der Waals surface area contributed by atoms with E-state index < -0.39 is 6.04 Å². The molecular weight excluding hydrogens is 318 g/mol. The van der Waals surface area contributed by atoms with Gasteiger partial charge in [0.15, 0.2) is 0 Å². The van der Waals surface area contributed by atoms with Crippen molar-refractivity contribution in [1.29, 1.82) is 0 Å². The fraction of sp³-hybridized carbons (Fsp3) is 0.167. The van der Waals surface area contributed by atoms with Gasteiger partial charge in [0.2, 0.25) is 5.95 Å². The molecule has 3 aromatic rings. The molecule has 3 rings (SSSR count). The Morgan fingerprint density at radius 3 is 2.84 bits per heavy atom. The topological polar surface area (TPSA) is 117 Å². The van der Waals surface area contributed by atoms with E-state index in [0.717, 1.165) is 16.7 Å². The second-order valence-corrected chi connectivity index (χ2v) is 5.68. The average Bonchev–Trinajstić information content (AvgIpc) is 3.12. The minimum absolute atomic E-state index is 0.178. The molecule has 1 unspecified atom stereocenters. The predicted octanol–water partition coefficient (Wildman–Crippen LogP) is 1.83. The predicted molar refractivity (Wildman–Crippen MR) is 94.7 cm³/mol. The summed E-state index contributed by atoms with van der Waals surface area (Å²) in [6, 6.07) is 10.5. The van der Waals surface area contributed by atoms with E-state index in [1.807, 2.05) is 37.3 Å². The Hall–Kier alpha value is -3.19. The molecule has 0 fully saturated rings. The molecular formula is C18H19N5O2. The first kappa shape index (κ1) is 16.7. The number of hydrogen-bond acceptors (Lipinski definition) is 5. The van der Waals surface area contributed by atoms with Gasteiger partial charge < -0.3 is 21.1 Å². The van der Waals surface area contributed by atoms with Crippen LogP contribution in [-0.4, -0.2) is 32.6 Å². The lowest BCUT2D eigenvalue weighted by molar-refractivity contribution is 0.0912. The summed E-state index contributed by atoms with van der Waals surface area (Å²) in [6.45, 7) is 1.68. The Morgan fingerprint density at radius 2 is 2.12 bits per heavy atom. The zero-order valence-corrected chi connectivity index (χ0v) is 13.7. The molecule has 0 saturated heterocycles. The van der Waals surface area contributed by atoms with Gasteiger partial charge in [0.05, 0.1) is 18.3 Å². The van der Waals surface area contributed by atoms with Gasteiger partial charge in [-0.05, 0) is 24.1 Å². The van der Waals surface area contributed by atoms with Crippen molar-refractivity contribution in [3.05, 3.63) is 65.6 Å². The van der Waals surface area contributed by atoms with E-state index in [0.29, 0.717) is 11.4 Å². The Balaban J connectivity index is 1.80. The van der Waals surface area contributed by atoms with Crippen molar-refractivity contribution in [1.82, 2.24) is 20.3 Å². The Kier molecular flexibility index (Phi) is 4.76. The van der Waals surface area contributed by atoms with Crippen molar-refractivity contribution >= 4 is 11.9 Å². The van der Waals surface area contributed by atoms with Crippen molar-refractivity contribution in [3.8, 4) is 11.3 Å². The fourth-order valence-electron chi connectivity index (χ4n) is 2.57. The highest BCUT2D eigenvalue weighted by molar-refractivity contribution is 5.94. The van der Waals surface area contributed by atoms with Crippen LogP contribution in [0.15, 0.2) is 48.8 Å². The number of hydrogen-bond donors (Lipinski definition) is 4. The molecule has 25 heavy (non-hydrogen) atoms. The van der Waals surface area contributed by atoms with E-state index in [4.69, 9.17) is 5.73 Å². The largest absolute Gasteiger partial charge is 0.394 e. The quantitative estimate of drug-likeness (QED) is 0.566. The maximum absolute atomic E-state index is 12.5. The third kappa shape index (κ3) is 3.67. The summed E-state index contributed by atoms with van der Waals surface area (Å²) in [4.78, 5) is 23.6. The average molecular weight is 337 g/mol. The number of amides is 1. The second-order valence-electron chi connectivity index (χ2n) is 5.68. The van der Waals surface area contributed by atoms with Gasteiger partial charge in [0.25, 0.3) is 5.91 Å². The van der Waals surface area contributed by atoms with Crippen molar-refractivity contribution in [3.63, 3.8) is 0 Å². The maximum Gasteiger partial charge on any atom is 0.268 e. The summed E-state index contributed by atoms with van der Waals surface area (Å²) in [7, 11) is 0. The van der Waals surface area contributed by atoms with Crippen LogP contribution in [0.3, 0.4) is 0 Å². The van der Waals surface area contributed by atoms with Crippen LogP contribution in [0.1, 0.15) is 27.7 Å². The second kappa shape index (κ2) is 7.14. The Morgan fingerprint density at radius 1 is 1.36 bits per heavy atom. The molecule has 0 bridgehead atoms. The zero-order valence-electron chi connectivity index (χ0n) is 13.7. The highest BCUT2D eigenvalue weighted by Gasteiger charge is 2.17. The lowest BCUT2D eigenvalue weighted by Crippen LogP contribution is -2.30. The number of rotatable bonds is 5. The molecule has 1 aromatic carbocycles. The maximum atomic E-state index is 12.5. The molecule has 1 atom stereocenters. The molecule has 0 saturated carbocycles. The molecule has 0 radical (unpaired) electrons. The monoisotopic (exact) mass is 337 g/mol. The summed E-state index contributed by atoms with van der Waals surface area (Å²) < 4.78 is 0. The summed E-state index contributed by atoms with van der Waals surface area (Å²) in [6.07, 6.45) is 3.34. The normalized spacial score (nSPS) is 11.9. The van der Waals surface area contributed by atoms with E-state index in [1.54, 1.807) is 18.5 Å². The summed E-state index contributed by atoms with van der Waals surface area (Å²) in [5.41, 5.74) is 9.13. The SMILES string of the molecule is Cc1cnc(N)nc1-c1c[nH]c(C(=O)NC(CO)c2ccccc2)c1. The van der Waals surface area contributed by atoms with E-state index in [1.165, 1.54) is 0 Å². The standard InChI is InChI=1S/C18H19N5O2/c1-11-8-21-18(19)23-16(11)13-7-14(20-9-13)17(25)22-15(10-24)12-5-3-2-4-6-12/h2-9,15,20,24H,10H2,1H3,(H,22,25)(H2,19,21,23). The lowest BCUT2D eigenvalue weighted by Gasteiger charge is -2.16. The molecule has 0 aliphatic heterocycles. The number of nitrogens with zero attached hydrogens (tertiary/aromatic N) is 2. The minimum atomic E-state index is -0.475. The molecule has 2 aromatic heterocycles. The lowest BCUT2D eigenvalue weighted by atomic mass is 10.1. The van der Waals surface area contributed by atoms with Crippen LogP contribution in [0, 0.1) is 6.92 Å². The third-order valence-electron chi connectivity index (χ3n) is 3.88. The number of nitrogen functional groups attached to an aromatic ring is 1. The molecule has 128 valence electrons. The van der Waals surface area contributed by atoms with E-state index in [-0.39, 0.29) is 18.5 Å². The number of aromatic nitrogens is 3. The molecule has 7 nitrogen and oxygen atoms in total. The minimum Gasteiger partial charge on any atom is -0.394 e. The molecule has 1 amide bonds. The number of carbonyl (C=O) groups is 1. The summed E-state index contributed by atoms with van der Waals surface area (Å²) in [5.74, 6) is -0.133. The number of aryl methyl sites for hydroxylation is 1. The number of benzene rings is 1.